The number of piperidine rings is 1. The summed E-state index contributed by atoms with van der Waals surface area (Å²) in [5.74, 6) is 0.644. The summed E-state index contributed by atoms with van der Waals surface area (Å²) < 4.78 is 0. The van der Waals surface area contributed by atoms with Gasteiger partial charge in [0.1, 0.15) is 0 Å². The van der Waals surface area contributed by atoms with Crippen molar-refractivity contribution in [2.45, 2.75) is 33.6 Å². The van der Waals surface area contributed by atoms with Gasteiger partial charge in [0.15, 0.2) is 0 Å². The normalized spacial score (nSPS) is 14.6. The lowest BCUT2D eigenvalue weighted by atomic mass is 9.98. The molecule has 1 fully saturated rings. The first-order valence-electron chi connectivity index (χ1n) is 9.93. The maximum atomic E-state index is 12.6. The van der Waals surface area contributed by atoms with E-state index in [1.165, 1.54) is 5.56 Å². The van der Waals surface area contributed by atoms with E-state index >= 15 is 0 Å². The number of nitrogens with zero attached hydrogens (tertiary/aromatic N) is 1. The summed E-state index contributed by atoms with van der Waals surface area (Å²) in [5.41, 5.74) is 4.66. The second kappa shape index (κ2) is 8.91. The molecule has 28 heavy (non-hydrogen) atoms. The zero-order valence-electron chi connectivity index (χ0n) is 16.9. The summed E-state index contributed by atoms with van der Waals surface area (Å²) in [6, 6.07) is 13.1. The highest BCUT2D eigenvalue weighted by Crippen LogP contribution is 2.20. The predicted octanol–water partition coefficient (Wildman–Crippen LogP) is 4.23. The Labute approximate surface area is 167 Å². The van der Waals surface area contributed by atoms with E-state index in [0.717, 1.165) is 37.2 Å². The molecule has 3 rings (SSSR count). The van der Waals surface area contributed by atoms with Crippen LogP contribution in [0.1, 0.15) is 41.3 Å². The number of likely N-dealkylation sites (tertiary alicyclic amines) is 1. The molecule has 0 aliphatic carbocycles. The number of rotatable bonds is 5. The highest BCUT2D eigenvalue weighted by Gasteiger charge is 2.21. The maximum absolute atomic E-state index is 12.6. The van der Waals surface area contributed by atoms with Gasteiger partial charge in [-0.2, -0.15) is 0 Å². The number of hydrogen-bond donors (Lipinski definition) is 2. The lowest BCUT2D eigenvalue weighted by Crippen LogP contribution is -2.37. The van der Waals surface area contributed by atoms with Gasteiger partial charge in [0.25, 0.3) is 5.91 Å². The largest absolute Gasteiger partial charge is 0.376 e. The van der Waals surface area contributed by atoms with Gasteiger partial charge in [-0.25, -0.2) is 0 Å². The van der Waals surface area contributed by atoms with Crippen molar-refractivity contribution in [3.8, 4) is 0 Å². The highest BCUT2D eigenvalue weighted by molar-refractivity contribution is 5.96. The van der Waals surface area contributed by atoms with Crippen LogP contribution in [0.5, 0.6) is 0 Å². The van der Waals surface area contributed by atoms with Gasteiger partial charge in [-0.15, -0.1) is 0 Å². The summed E-state index contributed by atoms with van der Waals surface area (Å²) >= 11 is 0. The Bertz CT molecular complexity index is 837. The number of benzene rings is 2. The number of hydrogen-bond acceptors (Lipinski definition) is 3. The minimum Gasteiger partial charge on any atom is -0.376 e. The number of carbonyl (C=O) groups excluding carboxylic acids is 2. The summed E-state index contributed by atoms with van der Waals surface area (Å²) in [5, 5.41) is 6.05. The molecule has 0 spiro atoms. The molecule has 0 atom stereocenters. The van der Waals surface area contributed by atoms with Gasteiger partial charge in [0.05, 0.1) is 6.54 Å². The van der Waals surface area contributed by atoms with Crippen molar-refractivity contribution >= 4 is 23.2 Å². The molecule has 148 valence electrons. The van der Waals surface area contributed by atoms with Crippen molar-refractivity contribution in [1.82, 2.24) is 4.90 Å². The molecule has 0 saturated carbocycles. The number of carbonyl (C=O) groups is 2. The summed E-state index contributed by atoms with van der Waals surface area (Å²) in [4.78, 5) is 26.7. The number of aryl methyl sites for hydroxylation is 1. The third-order valence-corrected chi connectivity index (χ3v) is 5.53. The van der Waals surface area contributed by atoms with E-state index in [2.05, 4.69) is 17.6 Å². The quantitative estimate of drug-likeness (QED) is 0.817. The Morgan fingerprint density at radius 2 is 1.71 bits per heavy atom. The Morgan fingerprint density at radius 1 is 1.04 bits per heavy atom. The predicted molar refractivity (Wildman–Crippen MR) is 114 cm³/mol. The van der Waals surface area contributed by atoms with Crippen LogP contribution in [0.4, 0.5) is 11.4 Å². The van der Waals surface area contributed by atoms with Gasteiger partial charge in [-0.1, -0.05) is 19.1 Å². The molecule has 2 N–H and O–H groups in total. The van der Waals surface area contributed by atoms with E-state index in [0.29, 0.717) is 17.2 Å². The average molecular weight is 380 g/mol. The Morgan fingerprint density at radius 3 is 2.39 bits per heavy atom. The minimum atomic E-state index is -0.120. The molecule has 1 aliphatic rings. The SMILES string of the molecule is Cc1cccc(NCC(=O)Nc2ccc(C(=O)N3CCC(C)CC3)cc2)c1C. The van der Waals surface area contributed by atoms with Crippen molar-refractivity contribution in [3.05, 3.63) is 59.2 Å². The van der Waals surface area contributed by atoms with Crippen LogP contribution >= 0.6 is 0 Å². The van der Waals surface area contributed by atoms with Gasteiger partial charge >= 0.3 is 0 Å². The van der Waals surface area contributed by atoms with E-state index in [9.17, 15) is 9.59 Å². The molecule has 0 aromatic heterocycles. The van der Waals surface area contributed by atoms with E-state index in [1.54, 1.807) is 24.3 Å². The topological polar surface area (TPSA) is 61.4 Å². The minimum absolute atomic E-state index is 0.0707. The molecular weight excluding hydrogens is 350 g/mol. The van der Waals surface area contributed by atoms with E-state index in [1.807, 2.05) is 36.9 Å². The molecule has 2 aromatic carbocycles. The van der Waals surface area contributed by atoms with Gasteiger partial charge in [-0.3, -0.25) is 9.59 Å². The van der Waals surface area contributed by atoms with Crippen molar-refractivity contribution in [2.24, 2.45) is 5.92 Å². The fourth-order valence-electron chi connectivity index (χ4n) is 3.41. The van der Waals surface area contributed by atoms with Crippen molar-refractivity contribution in [1.29, 1.82) is 0 Å². The van der Waals surface area contributed by atoms with Gasteiger partial charge < -0.3 is 15.5 Å². The Hall–Kier alpha value is -2.82. The molecule has 1 aliphatic heterocycles. The van der Waals surface area contributed by atoms with Crippen LogP contribution in [-0.2, 0) is 4.79 Å². The zero-order chi connectivity index (χ0) is 20.1. The van der Waals surface area contributed by atoms with Gasteiger partial charge in [-0.05, 0) is 74.1 Å². The Kier molecular flexibility index (Phi) is 6.34. The smallest absolute Gasteiger partial charge is 0.253 e. The van der Waals surface area contributed by atoms with Gasteiger partial charge in [0, 0.05) is 30.0 Å². The molecule has 1 heterocycles. The number of amides is 2. The standard InChI is InChI=1S/C23H29N3O2/c1-16-11-13-26(14-12-16)23(28)19-7-9-20(10-8-19)25-22(27)15-24-21-6-4-5-17(2)18(21)3/h4-10,16,24H,11-15H2,1-3H3,(H,25,27). The average Bonchev–Trinajstić information content (AvgIpc) is 2.70. The van der Waals surface area contributed by atoms with Crippen LogP contribution in [0.15, 0.2) is 42.5 Å². The molecule has 5 heteroatoms. The Balaban J connectivity index is 1.53. The molecule has 0 radical (unpaired) electrons. The second-order valence-corrected chi connectivity index (χ2v) is 7.70. The number of nitrogens with one attached hydrogen (secondary N) is 2. The lowest BCUT2D eigenvalue weighted by Gasteiger charge is -2.30. The van der Waals surface area contributed by atoms with Crippen molar-refractivity contribution in [3.63, 3.8) is 0 Å². The van der Waals surface area contributed by atoms with Crippen LogP contribution < -0.4 is 10.6 Å². The molecule has 2 amide bonds. The molecule has 1 saturated heterocycles. The maximum Gasteiger partial charge on any atom is 0.253 e. The van der Waals surface area contributed by atoms with Crippen molar-refractivity contribution in [2.75, 3.05) is 30.3 Å². The second-order valence-electron chi connectivity index (χ2n) is 7.70. The molecule has 2 aromatic rings. The fourth-order valence-corrected chi connectivity index (χ4v) is 3.41. The van der Waals surface area contributed by atoms with Crippen LogP contribution in [0.3, 0.4) is 0 Å². The van der Waals surface area contributed by atoms with Gasteiger partial charge in [0.2, 0.25) is 5.91 Å². The van der Waals surface area contributed by atoms with Crippen LogP contribution in [-0.4, -0.2) is 36.3 Å². The molecule has 0 bridgehead atoms. The van der Waals surface area contributed by atoms with Crippen LogP contribution in [0.25, 0.3) is 0 Å². The highest BCUT2D eigenvalue weighted by atomic mass is 16.2. The third-order valence-electron chi connectivity index (χ3n) is 5.53. The first-order chi connectivity index (χ1) is 13.4. The summed E-state index contributed by atoms with van der Waals surface area (Å²) in [7, 11) is 0. The first kappa shape index (κ1) is 19.9. The van der Waals surface area contributed by atoms with E-state index in [-0.39, 0.29) is 18.4 Å². The first-order valence-corrected chi connectivity index (χ1v) is 9.93. The monoisotopic (exact) mass is 379 g/mol. The zero-order valence-corrected chi connectivity index (χ0v) is 16.9. The molecular formula is C23H29N3O2. The van der Waals surface area contributed by atoms with E-state index in [4.69, 9.17) is 0 Å². The van der Waals surface area contributed by atoms with E-state index < -0.39 is 0 Å². The number of anilines is 2. The van der Waals surface area contributed by atoms with Crippen LogP contribution in [0.2, 0.25) is 0 Å². The molecule has 5 nitrogen and oxygen atoms in total. The third kappa shape index (κ3) is 4.91. The summed E-state index contributed by atoms with van der Waals surface area (Å²) in [6.45, 7) is 8.15. The molecule has 0 unspecified atom stereocenters. The lowest BCUT2D eigenvalue weighted by molar-refractivity contribution is -0.114. The van der Waals surface area contributed by atoms with Crippen molar-refractivity contribution < 1.29 is 9.59 Å². The van der Waals surface area contributed by atoms with Crippen LogP contribution in [0, 0.1) is 19.8 Å². The fraction of sp³-hybridized carbons (Fsp3) is 0.391. The summed E-state index contributed by atoms with van der Waals surface area (Å²) in [6.07, 6.45) is 2.13.